The van der Waals surface area contributed by atoms with Crippen molar-refractivity contribution in [3.05, 3.63) is 11.9 Å². The van der Waals surface area contributed by atoms with Crippen LogP contribution in [0.4, 0.5) is 0 Å². The van der Waals surface area contributed by atoms with Crippen molar-refractivity contribution in [1.29, 1.82) is 0 Å². The second-order valence-electron chi connectivity index (χ2n) is 5.41. The third-order valence-electron chi connectivity index (χ3n) is 3.68. The maximum atomic E-state index is 11.9. The van der Waals surface area contributed by atoms with Gasteiger partial charge in [-0.25, -0.2) is 4.68 Å². The normalized spacial score (nSPS) is 22.4. The Morgan fingerprint density at radius 2 is 2.20 bits per heavy atom. The third kappa shape index (κ3) is 4.04. The summed E-state index contributed by atoms with van der Waals surface area (Å²) in [6.45, 7) is 2.24. The monoisotopic (exact) mass is 280 g/mol. The summed E-state index contributed by atoms with van der Waals surface area (Å²) in [5.74, 6) is -0.556. The summed E-state index contributed by atoms with van der Waals surface area (Å²) in [6, 6.07) is 0.235. The molecular weight excluding hydrogens is 260 g/mol. The molecule has 1 aliphatic rings. The highest BCUT2D eigenvalue weighted by atomic mass is 16.4. The van der Waals surface area contributed by atoms with Gasteiger partial charge in [0.1, 0.15) is 6.54 Å². The molecule has 1 heterocycles. The summed E-state index contributed by atoms with van der Waals surface area (Å²) in [6.07, 6.45) is 5.88. The van der Waals surface area contributed by atoms with Gasteiger partial charge in [0.05, 0.1) is 12.1 Å². The zero-order valence-electron chi connectivity index (χ0n) is 11.6. The Balaban J connectivity index is 1.84. The second kappa shape index (κ2) is 6.49. The lowest BCUT2D eigenvalue weighted by Crippen LogP contribution is -2.42. The highest BCUT2D eigenvalue weighted by Gasteiger charge is 2.22. The number of aromatic nitrogens is 3. The molecule has 7 heteroatoms. The molecular formula is C13H20N4O3. The molecule has 0 bridgehead atoms. The third-order valence-corrected chi connectivity index (χ3v) is 3.68. The van der Waals surface area contributed by atoms with Crippen LogP contribution in [0.15, 0.2) is 6.20 Å². The molecule has 0 radical (unpaired) electrons. The number of hydrogen-bond acceptors (Lipinski definition) is 4. The number of rotatable bonds is 5. The van der Waals surface area contributed by atoms with Crippen LogP contribution < -0.4 is 5.32 Å². The first-order valence-electron chi connectivity index (χ1n) is 6.95. The van der Waals surface area contributed by atoms with Gasteiger partial charge in [-0.05, 0) is 18.8 Å². The lowest BCUT2D eigenvalue weighted by atomic mass is 9.86. The van der Waals surface area contributed by atoms with E-state index in [1.807, 2.05) is 0 Å². The van der Waals surface area contributed by atoms with Gasteiger partial charge in [0.15, 0.2) is 0 Å². The number of nitrogens with zero attached hydrogens (tertiary/aromatic N) is 3. The molecule has 2 atom stereocenters. The van der Waals surface area contributed by atoms with E-state index in [0.29, 0.717) is 11.6 Å². The molecule has 0 aromatic carbocycles. The van der Waals surface area contributed by atoms with E-state index in [1.165, 1.54) is 17.3 Å². The molecule has 0 saturated heterocycles. The zero-order valence-corrected chi connectivity index (χ0v) is 11.6. The molecule has 1 aromatic heterocycles. The summed E-state index contributed by atoms with van der Waals surface area (Å²) < 4.78 is 1.38. The molecule has 2 rings (SSSR count). The summed E-state index contributed by atoms with van der Waals surface area (Å²) in [5.41, 5.74) is 0.358. The number of carboxylic acid groups (broad SMARTS) is 1. The van der Waals surface area contributed by atoms with Gasteiger partial charge in [0, 0.05) is 12.2 Å². The fraction of sp³-hybridized carbons (Fsp3) is 0.692. The van der Waals surface area contributed by atoms with Crippen LogP contribution in [0.3, 0.4) is 0 Å². The van der Waals surface area contributed by atoms with Crippen molar-refractivity contribution in [3.63, 3.8) is 0 Å². The molecule has 7 nitrogen and oxygen atoms in total. The largest absolute Gasteiger partial charge is 0.481 e. The average Bonchev–Trinajstić information content (AvgIpc) is 2.78. The lowest BCUT2D eigenvalue weighted by molar-refractivity contribution is -0.136. The molecule has 0 aliphatic heterocycles. The van der Waals surface area contributed by atoms with Crippen LogP contribution in [0, 0.1) is 5.92 Å². The number of carbonyl (C=O) groups excluding carboxylic acids is 1. The van der Waals surface area contributed by atoms with E-state index in [4.69, 9.17) is 5.11 Å². The van der Waals surface area contributed by atoms with E-state index >= 15 is 0 Å². The standard InChI is InChI=1S/C13H20N4O3/c1-9-4-2-3-5-11(9)14-12(18)8-17-7-10(15-16-17)6-13(19)20/h7,9,11H,2-6,8H2,1H3,(H,14,18)(H,19,20). The fourth-order valence-electron chi connectivity index (χ4n) is 2.58. The topological polar surface area (TPSA) is 97.1 Å². The van der Waals surface area contributed by atoms with Gasteiger partial charge < -0.3 is 10.4 Å². The van der Waals surface area contributed by atoms with Gasteiger partial charge in [0.25, 0.3) is 0 Å². The molecule has 1 fully saturated rings. The van der Waals surface area contributed by atoms with Crippen molar-refractivity contribution in [2.24, 2.45) is 5.92 Å². The number of nitrogens with one attached hydrogen (secondary N) is 1. The van der Waals surface area contributed by atoms with Gasteiger partial charge in [-0.1, -0.05) is 25.0 Å². The Morgan fingerprint density at radius 1 is 1.45 bits per heavy atom. The minimum absolute atomic E-state index is 0.0792. The quantitative estimate of drug-likeness (QED) is 0.823. The lowest BCUT2D eigenvalue weighted by Gasteiger charge is -2.29. The first-order valence-corrected chi connectivity index (χ1v) is 6.95. The van der Waals surface area contributed by atoms with Gasteiger partial charge in [-0.3, -0.25) is 9.59 Å². The van der Waals surface area contributed by atoms with E-state index in [2.05, 4.69) is 22.6 Å². The minimum atomic E-state index is -0.961. The van der Waals surface area contributed by atoms with Crippen LogP contribution in [0.1, 0.15) is 38.3 Å². The number of aliphatic carboxylic acids is 1. The highest BCUT2D eigenvalue weighted by Crippen LogP contribution is 2.23. The van der Waals surface area contributed by atoms with Gasteiger partial charge in [-0.15, -0.1) is 5.10 Å². The van der Waals surface area contributed by atoms with Crippen LogP contribution in [0.25, 0.3) is 0 Å². The van der Waals surface area contributed by atoms with E-state index in [0.717, 1.165) is 19.3 Å². The maximum absolute atomic E-state index is 11.9. The van der Waals surface area contributed by atoms with E-state index in [9.17, 15) is 9.59 Å². The van der Waals surface area contributed by atoms with Crippen molar-refractivity contribution in [2.45, 2.75) is 51.6 Å². The van der Waals surface area contributed by atoms with Crippen LogP contribution in [-0.4, -0.2) is 38.0 Å². The summed E-state index contributed by atoms with van der Waals surface area (Å²) in [7, 11) is 0. The molecule has 2 unspecified atom stereocenters. The first kappa shape index (κ1) is 14.5. The number of amides is 1. The number of hydrogen-bond donors (Lipinski definition) is 2. The van der Waals surface area contributed by atoms with Crippen LogP contribution in [-0.2, 0) is 22.6 Å². The predicted molar refractivity (Wildman–Crippen MR) is 70.9 cm³/mol. The van der Waals surface area contributed by atoms with Crippen molar-refractivity contribution in [1.82, 2.24) is 20.3 Å². The van der Waals surface area contributed by atoms with E-state index in [1.54, 1.807) is 0 Å². The molecule has 1 aromatic rings. The zero-order chi connectivity index (χ0) is 14.5. The van der Waals surface area contributed by atoms with E-state index < -0.39 is 5.97 Å². The number of carboxylic acids is 1. The van der Waals surface area contributed by atoms with Crippen LogP contribution in [0.2, 0.25) is 0 Å². The van der Waals surface area contributed by atoms with Crippen molar-refractivity contribution >= 4 is 11.9 Å². The van der Waals surface area contributed by atoms with Gasteiger partial charge in [0.2, 0.25) is 5.91 Å². The Bertz CT molecular complexity index is 486. The molecule has 1 saturated carbocycles. The Labute approximate surface area is 117 Å². The average molecular weight is 280 g/mol. The molecule has 1 aliphatic carbocycles. The maximum Gasteiger partial charge on any atom is 0.309 e. The molecule has 2 N–H and O–H groups in total. The van der Waals surface area contributed by atoms with Crippen LogP contribution >= 0.6 is 0 Å². The Hall–Kier alpha value is -1.92. The van der Waals surface area contributed by atoms with Gasteiger partial charge in [-0.2, -0.15) is 0 Å². The second-order valence-corrected chi connectivity index (χ2v) is 5.41. The molecule has 20 heavy (non-hydrogen) atoms. The summed E-state index contributed by atoms with van der Waals surface area (Å²) >= 11 is 0. The van der Waals surface area contributed by atoms with E-state index in [-0.39, 0.29) is 24.9 Å². The first-order chi connectivity index (χ1) is 9.54. The molecule has 1 amide bonds. The summed E-state index contributed by atoms with van der Waals surface area (Å²) in [4.78, 5) is 22.5. The highest BCUT2D eigenvalue weighted by molar-refractivity contribution is 5.76. The van der Waals surface area contributed by atoms with Crippen molar-refractivity contribution < 1.29 is 14.7 Å². The smallest absolute Gasteiger partial charge is 0.309 e. The van der Waals surface area contributed by atoms with Crippen molar-refractivity contribution in [3.8, 4) is 0 Å². The Morgan fingerprint density at radius 3 is 2.90 bits per heavy atom. The Kier molecular flexibility index (Phi) is 4.70. The summed E-state index contributed by atoms with van der Waals surface area (Å²) in [5, 5.41) is 19.2. The van der Waals surface area contributed by atoms with Crippen LogP contribution in [0.5, 0.6) is 0 Å². The fourth-order valence-corrected chi connectivity index (χ4v) is 2.58. The molecule has 110 valence electrons. The van der Waals surface area contributed by atoms with Crippen molar-refractivity contribution in [2.75, 3.05) is 0 Å². The minimum Gasteiger partial charge on any atom is -0.481 e. The predicted octanol–water partition coefficient (Wildman–Crippen LogP) is 0.600. The number of carbonyl (C=O) groups is 2. The SMILES string of the molecule is CC1CCCCC1NC(=O)Cn1cc(CC(=O)O)nn1. The molecule has 0 spiro atoms. The van der Waals surface area contributed by atoms with Gasteiger partial charge >= 0.3 is 5.97 Å².